The third kappa shape index (κ3) is 1.17. The van der Waals surface area contributed by atoms with Crippen molar-refractivity contribution in [3.63, 3.8) is 0 Å². The van der Waals surface area contributed by atoms with Crippen LogP contribution in [0.2, 0.25) is 0 Å². The number of carbonyl (C=O) groups excluding carboxylic acids is 3. The fourth-order valence-electron chi connectivity index (χ4n) is 1.41. The molecule has 0 spiro atoms. The van der Waals surface area contributed by atoms with Gasteiger partial charge in [-0.3, -0.25) is 24.3 Å². The molecule has 7 nitrogen and oxygen atoms in total. The van der Waals surface area contributed by atoms with Gasteiger partial charge in [-0.1, -0.05) is 0 Å². The Bertz CT molecular complexity index is 456. The highest BCUT2D eigenvalue weighted by molar-refractivity contribution is 6.49. The van der Waals surface area contributed by atoms with E-state index >= 15 is 0 Å². The van der Waals surface area contributed by atoms with Crippen molar-refractivity contribution in [2.24, 2.45) is 0 Å². The van der Waals surface area contributed by atoms with Gasteiger partial charge in [-0.2, -0.15) is 0 Å². The summed E-state index contributed by atoms with van der Waals surface area (Å²) in [6.45, 7) is 0. The van der Waals surface area contributed by atoms with E-state index in [0.29, 0.717) is 4.57 Å². The molecule has 2 heterocycles. The molecule has 3 N–H and O–H groups in total. The maximum atomic E-state index is 11.2. The van der Waals surface area contributed by atoms with E-state index in [0.717, 1.165) is 12.1 Å². The summed E-state index contributed by atoms with van der Waals surface area (Å²) in [5, 5.41) is 20.3. The zero-order valence-electron chi connectivity index (χ0n) is 7.30. The van der Waals surface area contributed by atoms with Crippen molar-refractivity contribution in [2.75, 3.05) is 0 Å². The van der Waals surface area contributed by atoms with Crippen LogP contribution in [0.3, 0.4) is 0 Å². The first kappa shape index (κ1) is 9.25. The molecule has 78 valence electrons. The molecule has 1 saturated heterocycles. The number of hydrogen-bond acceptors (Lipinski definition) is 5. The van der Waals surface area contributed by atoms with Crippen LogP contribution < -0.4 is 5.32 Å². The van der Waals surface area contributed by atoms with E-state index in [1.54, 1.807) is 5.32 Å². The second kappa shape index (κ2) is 2.84. The molecule has 2 amide bonds. The molecule has 0 aliphatic carbocycles. The van der Waals surface area contributed by atoms with Crippen LogP contribution in [0.15, 0.2) is 12.1 Å². The zero-order chi connectivity index (χ0) is 11.2. The number of rotatable bonds is 1. The topological polar surface area (TPSA) is 109 Å². The lowest BCUT2D eigenvalue weighted by molar-refractivity contribution is -0.136. The number of imide groups is 1. The van der Waals surface area contributed by atoms with E-state index in [1.807, 2.05) is 0 Å². The quantitative estimate of drug-likeness (QED) is 0.302. The molecule has 0 saturated carbocycles. The highest BCUT2D eigenvalue weighted by Gasteiger charge is 2.43. The molecule has 0 radical (unpaired) electrons. The summed E-state index contributed by atoms with van der Waals surface area (Å²) in [6, 6.07) is 0.699. The van der Waals surface area contributed by atoms with Crippen molar-refractivity contribution in [1.29, 1.82) is 0 Å². The summed E-state index contributed by atoms with van der Waals surface area (Å²) in [6.07, 6.45) is 0. The van der Waals surface area contributed by atoms with Crippen LogP contribution in [0.25, 0.3) is 0 Å². The number of hydrogen-bond donors (Lipinski definition) is 3. The summed E-state index contributed by atoms with van der Waals surface area (Å²) in [4.78, 5) is 33.3. The number of aromatic nitrogens is 1. The van der Waals surface area contributed by atoms with Crippen molar-refractivity contribution in [3.05, 3.63) is 12.1 Å². The smallest absolute Gasteiger partial charge is 0.296 e. The first-order valence-corrected chi connectivity index (χ1v) is 4.00. The van der Waals surface area contributed by atoms with Crippen LogP contribution in [0.1, 0.15) is 6.04 Å². The lowest BCUT2D eigenvalue weighted by Gasteiger charge is -2.09. The molecule has 1 aromatic rings. The van der Waals surface area contributed by atoms with Gasteiger partial charge >= 0.3 is 0 Å². The van der Waals surface area contributed by atoms with Crippen LogP contribution >= 0.6 is 0 Å². The van der Waals surface area contributed by atoms with E-state index in [2.05, 4.69) is 0 Å². The first-order chi connectivity index (χ1) is 7.02. The van der Waals surface area contributed by atoms with Crippen LogP contribution in [0, 0.1) is 0 Å². The van der Waals surface area contributed by atoms with Gasteiger partial charge in [0.15, 0.2) is 17.8 Å². The SMILES string of the molecule is O=C1NC(=O)C(n2c(O)ccc2O)C1=O. The minimum absolute atomic E-state index is 0.462. The fraction of sp³-hybridized carbons (Fsp3) is 0.125. The maximum absolute atomic E-state index is 11.2. The van der Waals surface area contributed by atoms with Gasteiger partial charge in [-0.05, 0) is 0 Å². The Labute approximate surface area is 82.9 Å². The van der Waals surface area contributed by atoms with Gasteiger partial charge < -0.3 is 10.2 Å². The van der Waals surface area contributed by atoms with Crippen LogP contribution in [-0.2, 0) is 14.4 Å². The minimum Gasteiger partial charge on any atom is -0.494 e. The fourth-order valence-corrected chi connectivity index (χ4v) is 1.41. The molecule has 1 aliphatic rings. The monoisotopic (exact) mass is 210 g/mol. The second-order valence-corrected chi connectivity index (χ2v) is 3.00. The van der Waals surface area contributed by atoms with Crippen molar-refractivity contribution in [2.45, 2.75) is 6.04 Å². The summed E-state index contributed by atoms with van der Waals surface area (Å²) < 4.78 is 0.683. The van der Waals surface area contributed by atoms with Crippen molar-refractivity contribution < 1.29 is 24.6 Å². The number of aromatic hydroxyl groups is 2. The standard InChI is InChI=1S/C8H6N2O5/c11-3-1-2-4(12)10(3)5-6(13)8(15)9-7(5)14/h1-2,5,11-12H,(H,9,14,15). The Morgan fingerprint density at radius 2 is 1.67 bits per heavy atom. The van der Waals surface area contributed by atoms with E-state index in [1.165, 1.54) is 0 Å². The predicted octanol–water partition coefficient (Wildman–Crippen LogP) is -1.33. The molecule has 1 aliphatic heterocycles. The van der Waals surface area contributed by atoms with Gasteiger partial charge in [0.05, 0.1) is 0 Å². The van der Waals surface area contributed by atoms with E-state index in [4.69, 9.17) is 0 Å². The summed E-state index contributed by atoms with van der Waals surface area (Å²) in [5.41, 5.74) is 0. The first-order valence-electron chi connectivity index (χ1n) is 4.00. The van der Waals surface area contributed by atoms with Gasteiger partial charge in [0, 0.05) is 12.1 Å². The van der Waals surface area contributed by atoms with Crippen LogP contribution in [0.5, 0.6) is 11.8 Å². The zero-order valence-corrected chi connectivity index (χ0v) is 7.30. The lowest BCUT2D eigenvalue weighted by atomic mass is 10.2. The number of nitrogens with zero attached hydrogens (tertiary/aromatic N) is 1. The highest BCUT2D eigenvalue weighted by Crippen LogP contribution is 2.28. The normalized spacial score (nSPS) is 20.8. The van der Waals surface area contributed by atoms with Crippen LogP contribution in [-0.4, -0.2) is 32.4 Å². The van der Waals surface area contributed by atoms with Crippen molar-refractivity contribution >= 4 is 17.6 Å². The predicted molar refractivity (Wildman–Crippen MR) is 45.0 cm³/mol. The summed E-state index contributed by atoms with van der Waals surface area (Å²) in [5.74, 6) is -3.85. The van der Waals surface area contributed by atoms with Crippen molar-refractivity contribution in [3.8, 4) is 11.8 Å². The average Bonchev–Trinajstić information content (AvgIpc) is 2.59. The van der Waals surface area contributed by atoms with E-state index in [9.17, 15) is 24.6 Å². The maximum Gasteiger partial charge on any atom is 0.296 e. The Morgan fingerprint density at radius 3 is 2.07 bits per heavy atom. The summed E-state index contributed by atoms with van der Waals surface area (Å²) >= 11 is 0. The third-order valence-corrected chi connectivity index (χ3v) is 2.09. The number of amides is 2. The van der Waals surface area contributed by atoms with E-state index < -0.39 is 35.4 Å². The second-order valence-electron chi connectivity index (χ2n) is 3.00. The Morgan fingerprint density at radius 1 is 1.13 bits per heavy atom. The molecule has 1 atom stereocenters. The Balaban J connectivity index is 2.52. The molecule has 15 heavy (non-hydrogen) atoms. The Hall–Kier alpha value is -2.31. The number of ketones is 1. The molecule has 0 aromatic carbocycles. The number of nitrogens with one attached hydrogen (secondary N) is 1. The minimum atomic E-state index is -1.52. The largest absolute Gasteiger partial charge is 0.494 e. The molecular weight excluding hydrogens is 204 g/mol. The van der Waals surface area contributed by atoms with Crippen LogP contribution in [0.4, 0.5) is 0 Å². The summed E-state index contributed by atoms with van der Waals surface area (Å²) in [7, 11) is 0. The lowest BCUT2D eigenvalue weighted by Crippen LogP contribution is -2.23. The molecule has 7 heteroatoms. The molecule has 1 fully saturated rings. The average molecular weight is 210 g/mol. The highest BCUT2D eigenvalue weighted by atomic mass is 16.3. The molecule has 2 rings (SSSR count). The molecule has 0 bridgehead atoms. The van der Waals surface area contributed by atoms with Crippen molar-refractivity contribution in [1.82, 2.24) is 9.88 Å². The number of carbonyl (C=O) groups is 3. The molecule has 1 aromatic heterocycles. The molecular formula is C8H6N2O5. The molecule has 1 unspecified atom stereocenters. The van der Waals surface area contributed by atoms with Gasteiger partial charge in [0.25, 0.3) is 17.6 Å². The number of Topliss-reactive ketones (excluding diaryl/α,β-unsaturated/α-hetero) is 1. The van der Waals surface area contributed by atoms with Gasteiger partial charge in [0.2, 0.25) is 0 Å². The van der Waals surface area contributed by atoms with Gasteiger partial charge in [-0.15, -0.1) is 0 Å². The van der Waals surface area contributed by atoms with Gasteiger partial charge in [0.1, 0.15) is 0 Å². The van der Waals surface area contributed by atoms with Gasteiger partial charge in [-0.25, -0.2) is 0 Å². The van der Waals surface area contributed by atoms with E-state index in [-0.39, 0.29) is 0 Å². The third-order valence-electron chi connectivity index (χ3n) is 2.09. The Kier molecular flexibility index (Phi) is 1.75.